The Balaban J connectivity index is 1.45. The van der Waals surface area contributed by atoms with Gasteiger partial charge in [0.05, 0.1) is 11.5 Å². The highest BCUT2D eigenvalue weighted by Crippen LogP contribution is 2.25. The third-order valence-electron chi connectivity index (χ3n) is 6.13. The van der Waals surface area contributed by atoms with Gasteiger partial charge in [-0.15, -0.1) is 0 Å². The molecule has 7 heteroatoms. The van der Waals surface area contributed by atoms with E-state index in [4.69, 9.17) is 10.00 Å². The maximum Gasteiger partial charge on any atom is 0.309 e. The quantitative estimate of drug-likeness (QED) is 0.767. The van der Waals surface area contributed by atoms with Gasteiger partial charge in [-0.05, 0) is 50.7 Å². The van der Waals surface area contributed by atoms with Crippen LogP contribution in [0, 0.1) is 23.2 Å². The van der Waals surface area contributed by atoms with Crippen LogP contribution in [0.5, 0.6) is 0 Å². The Morgan fingerprint density at radius 2 is 1.97 bits per heavy atom. The minimum atomic E-state index is -0.769. The molecule has 0 bridgehead atoms. The van der Waals surface area contributed by atoms with Gasteiger partial charge in [-0.2, -0.15) is 5.26 Å². The topological polar surface area (TPSA) is 95.3 Å². The normalized spacial score (nSPS) is 23.7. The summed E-state index contributed by atoms with van der Waals surface area (Å²) in [5.41, 5.74) is 0.530. The van der Waals surface area contributed by atoms with Crippen molar-refractivity contribution in [1.82, 2.24) is 10.3 Å². The van der Waals surface area contributed by atoms with Crippen molar-refractivity contribution in [3.8, 4) is 6.07 Å². The number of rotatable bonds is 5. The average molecular weight is 399 g/mol. The molecule has 1 saturated heterocycles. The van der Waals surface area contributed by atoms with E-state index >= 15 is 0 Å². The molecule has 1 saturated carbocycles. The number of nitrogens with zero attached hydrogens (tertiary/aromatic N) is 3. The van der Waals surface area contributed by atoms with E-state index in [1.165, 1.54) is 6.42 Å². The number of esters is 1. The number of anilines is 1. The summed E-state index contributed by atoms with van der Waals surface area (Å²) >= 11 is 0. The van der Waals surface area contributed by atoms with Gasteiger partial charge < -0.3 is 15.0 Å². The lowest BCUT2D eigenvalue weighted by Gasteiger charge is -2.32. The molecule has 1 aromatic heterocycles. The number of hydrogen-bond acceptors (Lipinski definition) is 6. The largest absolute Gasteiger partial charge is 0.452 e. The van der Waals surface area contributed by atoms with Gasteiger partial charge in [0, 0.05) is 25.3 Å². The van der Waals surface area contributed by atoms with Crippen LogP contribution in [-0.4, -0.2) is 42.1 Å². The average Bonchev–Trinajstić information content (AvgIpc) is 2.75. The molecular formula is C22H30N4O3. The maximum atomic E-state index is 12.5. The Bertz CT molecular complexity index is 750. The van der Waals surface area contributed by atoms with Gasteiger partial charge in [0.25, 0.3) is 5.91 Å². The standard InChI is InChI=1S/C22H30N4O3/c1-15-5-3-4-6-19(15)25-21(27)16(2)29-22(28)18-9-11-26(12-10-18)20-8-7-17(13-23)14-24-20/h7-8,14-16,18-19H,3-6,9-12H2,1-2H3,(H,25,27)/t15-,16+,19+/m1/s1. The Hall–Kier alpha value is -2.62. The molecule has 29 heavy (non-hydrogen) atoms. The Kier molecular flexibility index (Phi) is 7.08. The van der Waals surface area contributed by atoms with E-state index in [1.54, 1.807) is 19.2 Å². The van der Waals surface area contributed by atoms with E-state index in [0.29, 0.717) is 37.4 Å². The smallest absolute Gasteiger partial charge is 0.309 e. The number of pyridine rings is 1. The van der Waals surface area contributed by atoms with Crippen molar-refractivity contribution in [3.63, 3.8) is 0 Å². The zero-order valence-electron chi connectivity index (χ0n) is 17.3. The number of carbonyl (C=O) groups is 2. The van der Waals surface area contributed by atoms with Gasteiger partial charge in [0.1, 0.15) is 11.9 Å². The molecule has 2 fully saturated rings. The van der Waals surface area contributed by atoms with Gasteiger partial charge in [0.15, 0.2) is 6.10 Å². The van der Waals surface area contributed by atoms with Crippen molar-refractivity contribution >= 4 is 17.7 Å². The minimum absolute atomic E-state index is 0.181. The summed E-state index contributed by atoms with van der Waals surface area (Å²) in [6.07, 6.45) is 6.59. The number of amides is 1. The van der Waals surface area contributed by atoms with E-state index in [-0.39, 0.29) is 23.8 Å². The van der Waals surface area contributed by atoms with Crippen LogP contribution in [0.25, 0.3) is 0 Å². The molecule has 156 valence electrons. The van der Waals surface area contributed by atoms with Gasteiger partial charge in [-0.25, -0.2) is 4.98 Å². The van der Waals surface area contributed by atoms with Gasteiger partial charge in [0.2, 0.25) is 0 Å². The van der Waals surface area contributed by atoms with Gasteiger partial charge in [-0.3, -0.25) is 9.59 Å². The lowest BCUT2D eigenvalue weighted by atomic mass is 9.86. The van der Waals surface area contributed by atoms with E-state index in [1.807, 2.05) is 6.07 Å². The van der Waals surface area contributed by atoms with Gasteiger partial charge >= 0.3 is 5.97 Å². The lowest BCUT2D eigenvalue weighted by molar-refractivity contribution is -0.159. The van der Waals surface area contributed by atoms with Crippen LogP contribution in [0.1, 0.15) is 57.9 Å². The first kappa shape index (κ1) is 21.1. The molecule has 3 atom stereocenters. The number of carbonyl (C=O) groups excluding carboxylic acids is 2. The molecule has 0 spiro atoms. The monoisotopic (exact) mass is 398 g/mol. The lowest BCUT2D eigenvalue weighted by Crippen LogP contribution is -2.46. The zero-order valence-corrected chi connectivity index (χ0v) is 17.3. The minimum Gasteiger partial charge on any atom is -0.452 e. The Morgan fingerprint density at radius 3 is 2.59 bits per heavy atom. The Morgan fingerprint density at radius 1 is 1.24 bits per heavy atom. The predicted octanol–water partition coefficient (Wildman–Crippen LogP) is 2.80. The first-order valence-corrected chi connectivity index (χ1v) is 10.6. The summed E-state index contributed by atoms with van der Waals surface area (Å²) in [5.74, 6) is 0.586. The second-order valence-electron chi connectivity index (χ2n) is 8.23. The van der Waals surface area contributed by atoms with Crippen molar-refractivity contribution in [2.45, 2.75) is 64.5 Å². The summed E-state index contributed by atoms with van der Waals surface area (Å²) in [5, 5.41) is 11.9. The van der Waals surface area contributed by atoms with Crippen LogP contribution < -0.4 is 10.2 Å². The van der Waals surface area contributed by atoms with Crippen LogP contribution in [0.15, 0.2) is 18.3 Å². The van der Waals surface area contributed by atoms with Crippen LogP contribution in [0.4, 0.5) is 5.82 Å². The maximum absolute atomic E-state index is 12.5. The van der Waals surface area contributed by atoms with E-state index < -0.39 is 6.10 Å². The highest BCUT2D eigenvalue weighted by molar-refractivity contribution is 5.84. The van der Waals surface area contributed by atoms with Gasteiger partial charge in [-0.1, -0.05) is 19.8 Å². The number of nitriles is 1. The number of aromatic nitrogens is 1. The highest BCUT2D eigenvalue weighted by atomic mass is 16.5. The van der Waals surface area contributed by atoms with Crippen LogP contribution in [0.2, 0.25) is 0 Å². The third-order valence-corrected chi connectivity index (χ3v) is 6.13. The molecule has 2 aliphatic rings. The van der Waals surface area contributed by atoms with Crippen molar-refractivity contribution in [2.75, 3.05) is 18.0 Å². The van der Waals surface area contributed by atoms with Crippen molar-refractivity contribution in [3.05, 3.63) is 23.9 Å². The fourth-order valence-electron chi connectivity index (χ4n) is 4.14. The molecule has 1 aromatic rings. The summed E-state index contributed by atoms with van der Waals surface area (Å²) in [6.45, 7) is 5.20. The van der Waals surface area contributed by atoms with E-state index in [2.05, 4.69) is 28.2 Å². The molecule has 7 nitrogen and oxygen atoms in total. The second kappa shape index (κ2) is 9.73. The van der Waals surface area contributed by atoms with E-state index in [9.17, 15) is 9.59 Å². The molecule has 0 unspecified atom stereocenters. The Labute approximate surface area is 172 Å². The summed E-state index contributed by atoms with van der Waals surface area (Å²) < 4.78 is 5.48. The SMILES string of the molecule is C[C@H](OC(=O)C1CCN(c2ccc(C#N)cn2)CC1)C(=O)N[C@H]1CCCC[C@H]1C. The summed E-state index contributed by atoms with van der Waals surface area (Å²) in [7, 11) is 0. The summed E-state index contributed by atoms with van der Waals surface area (Å²) in [6, 6.07) is 5.82. The number of piperidine rings is 1. The number of nitrogens with one attached hydrogen (secondary N) is 1. The highest BCUT2D eigenvalue weighted by Gasteiger charge is 2.30. The molecule has 2 heterocycles. The predicted molar refractivity (Wildman–Crippen MR) is 109 cm³/mol. The molecule has 0 radical (unpaired) electrons. The fraction of sp³-hybridized carbons (Fsp3) is 0.636. The fourth-order valence-corrected chi connectivity index (χ4v) is 4.14. The van der Waals surface area contributed by atoms with Crippen LogP contribution in [-0.2, 0) is 14.3 Å². The molecule has 3 rings (SSSR count). The molecule has 1 N–H and O–H groups in total. The first-order chi connectivity index (χ1) is 14.0. The second-order valence-corrected chi connectivity index (χ2v) is 8.23. The summed E-state index contributed by atoms with van der Waals surface area (Å²) in [4.78, 5) is 31.4. The molecule has 1 aliphatic carbocycles. The van der Waals surface area contributed by atoms with Crippen LogP contribution >= 0.6 is 0 Å². The number of hydrogen-bond donors (Lipinski definition) is 1. The molecule has 1 aliphatic heterocycles. The zero-order chi connectivity index (χ0) is 20.8. The van der Waals surface area contributed by atoms with Crippen molar-refractivity contribution in [1.29, 1.82) is 5.26 Å². The number of ether oxygens (including phenoxy) is 1. The van der Waals surface area contributed by atoms with Crippen LogP contribution in [0.3, 0.4) is 0 Å². The molecule has 0 aromatic carbocycles. The molecular weight excluding hydrogens is 368 g/mol. The molecule has 1 amide bonds. The third kappa shape index (κ3) is 5.47. The van der Waals surface area contributed by atoms with E-state index in [0.717, 1.165) is 25.1 Å². The van der Waals surface area contributed by atoms with Crippen molar-refractivity contribution < 1.29 is 14.3 Å². The van der Waals surface area contributed by atoms with Crippen molar-refractivity contribution in [2.24, 2.45) is 11.8 Å². The first-order valence-electron chi connectivity index (χ1n) is 10.6.